The van der Waals surface area contributed by atoms with Crippen molar-refractivity contribution in [3.05, 3.63) is 70.7 Å². The predicted octanol–water partition coefficient (Wildman–Crippen LogP) is 4.06. The molecule has 2 aromatic carbocycles. The van der Waals surface area contributed by atoms with E-state index in [0.717, 1.165) is 27.6 Å². The molecule has 0 aliphatic rings. The summed E-state index contributed by atoms with van der Waals surface area (Å²) in [6.07, 6.45) is 0. The van der Waals surface area contributed by atoms with Crippen LogP contribution in [-0.4, -0.2) is 18.0 Å². The number of thiazole rings is 1. The highest BCUT2D eigenvalue weighted by molar-refractivity contribution is 7.17. The fraction of sp³-hybridized carbons (Fsp3) is 0.158. The van der Waals surface area contributed by atoms with Crippen LogP contribution in [0, 0.1) is 6.92 Å². The third-order valence-corrected chi connectivity index (χ3v) is 4.82. The van der Waals surface area contributed by atoms with Crippen molar-refractivity contribution in [1.29, 1.82) is 0 Å². The van der Waals surface area contributed by atoms with Gasteiger partial charge >= 0.3 is 0 Å². The van der Waals surface area contributed by atoms with Crippen molar-refractivity contribution in [3.63, 3.8) is 0 Å². The fourth-order valence-electron chi connectivity index (χ4n) is 2.36. The van der Waals surface area contributed by atoms with Crippen molar-refractivity contribution in [2.24, 2.45) is 0 Å². The lowest BCUT2D eigenvalue weighted by Gasteiger charge is -2.06. The Morgan fingerprint density at radius 3 is 2.71 bits per heavy atom. The predicted molar refractivity (Wildman–Crippen MR) is 96.5 cm³/mol. The van der Waals surface area contributed by atoms with E-state index in [4.69, 9.17) is 4.74 Å². The van der Waals surface area contributed by atoms with Crippen molar-refractivity contribution >= 4 is 17.2 Å². The summed E-state index contributed by atoms with van der Waals surface area (Å²) in [5.74, 6) is 0.678. The van der Waals surface area contributed by atoms with Gasteiger partial charge in [-0.15, -0.1) is 11.3 Å². The number of ether oxygens (including phenoxy) is 1. The molecule has 24 heavy (non-hydrogen) atoms. The van der Waals surface area contributed by atoms with Crippen LogP contribution >= 0.6 is 11.3 Å². The summed E-state index contributed by atoms with van der Waals surface area (Å²) in [5.41, 5.74) is 2.77. The van der Waals surface area contributed by atoms with E-state index in [-0.39, 0.29) is 5.91 Å². The topological polar surface area (TPSA) is 51.2 Å². The molecular weight excluding hydrogens is 320 g/mol. The van der Waals surface area contributed by atoms with Crippen LogP contribution in [0.2, 0.25) is 0 Å². The summed E-state index contributed by atoms with van der Waals surface area (Å²) in [7, 11) is 1.63. The van der Waals surface area contributed by atoms with Gasteiger partial charge in [-0.25, -0.2) is 4.98 Å². The number of aryl methyl sites for hydroxylation is 1. The maximum atomic E-state index is 12.5. The van der Waals surface area contributed by atoms with E-state index in [1.54, 1.807) is 7.11 Å². The first kappa shape index (κ1) is 16.2. The molecule has 0 unspecified atom stereocenters. The fourth-order valence-corrected chi connectivity index (χ4v) is 3.34. The summed E-state index contributed by atoms with van der Waals surface area (Å²) in [4.78, 5) is 17.6. The van der Waals surface area contributed by atoms with Gasteiger partial charge in [-0.05, 0) is 24.6 Å². The van der Waals surface area contributed by atoms with Gasteiger partial charge < -0.3 is 10.1 Å². The Balaban J connectivity index is 1.72. The van der Waals surface area contributed by atoms with Crippen LogP contribution in [0.15, 0.2) is 54.6 Å². The van der Waals surface area contributed by atoms with Crippen molar-refractivity contribution in [3.8, 4) is 16.3 Å². The molecule has 0 saturated heterocycles. The SMILES string of the molecule is COc1cccc(CNC(=O)c2sc(-c3ccccc3)nc2C)c1. The van der Waals surface area contributed by atoms with Gasteiger partial charge in [0.1, 0.15) is 15.6 Å². The van der Waals surface area contributed by atoms with E-state index in [2.05, 4.69) is 10.3 Å². The number of methoxy groups -OCH3 is 1. The number of hydrogen-bond acceptors (Lipinski definition) is 4. The molecule has 4 nitrogen and oxygen atoms in total. The van der Waals surface area contributed by atoms with Gasteiger partial charge in [0.25, 0.3) is 5.91 Å². The summed E-state index contributed by atoms with van der Waals surface area (Å²) in [6, 6.07) is 17.5. The molecular formula is C19H18N2O2S. The highest BCUT2D eigenvalue weighted by atomic mass is 32.1. The number of nitrogens with one attached hydrogen (secondary N) is 1. The van der Waals surface area contributed by atoms with Crippen molar-refractivity contribution in [2.75, 3.05) is 7.11 Å². The summed E-state index contributed by atoms with van der Waals surface area (Å²) in [5, 5.41) is 3.81. The quantitative estimate of drug-likeness (QED) is 0.763. The highest BCUT2D eigenvalue weighted by Gasteiger charge is 2.15. The number of carbonyl (C=O) groups is 1. The van der Waals surface area contributed by atoms with Crippen LogP contribution < -0.4 is 10.1 Å². The zero-order valence-electron chi connectivity index (χ0n) is 13.6. The van der Waals surface area contributed by atoms with E-state index >= 15 is 0 Å². The van der Waals surface area contributed by atoms with Gasteiger partial charge in [0.05, 0.1) is 12.8 Å². The Kier molecular flexibility index (Phi) is 4.91. The monoisotopic (exact) mass is 338 g/mol. The average molecular weight is 338 g/mol. The largest absolute Gasteiger partial charge is 0.497 e. The lowest BCUT2D eigenvalue weighted by atomic mass is 10.2. The molecule has 5 heteroatoms. The number of amides is 1. The Labute approximate surface area is 145 Å². The van der Waals surface area contributed by atoms with E-state index < -0.39 is 0 Å². The average Bonchev–Trinajstić information content (AvgIpc) is 3.02. The van der Waals surface area contributed by atoms with Gasteiger partial charge in [0, 0.05) is 12.1 Å². The second-order valence-corrected chi connectivity index (χ2v) is 6.33. The maximum Gasteiger partial charge on any atom is 0.263 e. The molecule has 1 aromatic heterocycles. The van der Waals surface area contributed by atoms with Crippen LogP contribution in [0.25, 0.3) is 10.6 Å². The van der Waals surface area contributed by atoms with Crippen molar-refractivity contribution in [2.45, 2.75) is 13.5 Å². The number of aromatic nitrogens is 1. The number of benzene rings is 2. The lowest BCUT2D eigenvalue weighted by Crippen LogP contribution is -2.22. The lowest BCUT2D eigenvalue weighted by molar-refractivity contribution is 0.0954. The molecule has 0 aliphatic heterocycles. The van der Waals surface area contributed by atoms with Gasteiger partial charge in [0.2, 0.25) is 0 Å². The Bertz CT molecular complexity index is 844. The van der Waals surface area contributed by atoms with Crippen molar-refractivity contribution in [1.82, 2.24) is 10.3 Å². The van der Waals surface area contributed by atoms with Crippen LogP contribution in [0.3, 0.4) is 0 Å². The van der Waals surface area contributed by atoms with E-state index in [1.807, 2.05) is 61.5 Å². The number of nitrogens with zero attached hydrogens (tertiary/aromatic N) is 1. The van der Waals surface area contributed by atoms with Gasteiger partial charge in [0.15, 0.2) is 0 Å². The van der Waals surface area contributed by atoms with Crippen LogP contribution in [0.4, 0.5) is 0 Å². The molecule has 0 aliphatic carbocycles. The van der Waals surface area contributed by atoms with Crippen molar-refractivity contribution < 1.29 is 9.53 Å². The molecule has 1 amide bonds. The number of hydrogen-bond donors (Lipinski definition) is 1. The highest BCUT2D eigenvalue weighted by Crippen LogP contribution is 2.27. The van der Waals surface area contributed by atoms with Gasteiger partial charge in [-0.1, -0.05) is 42.5 Å². The second-order valence-electron chi connectivity index (χ2n) is 5.33. The first-order chi connectivity index (χ1) is 11.7. The second kappa shape index (κ2) is 7.27. The molecule has 0 fully saturated rings. The summed E-state index contributed by atoms with van der Waals surface area (Å²) in [6.45, 7) is 2.32. The first-order valence-electron chi connectivity index (χ1n) is 7.61. The zero-order valence-corrected chi connectivity index (χ0v) is 14.4. The molecule has 0 radical (unpaired) electrons. The molecule has 0 saturated carbocycles. The third-order valence-electron chi connectivity index (χ3n) is 3.61. The standard InChI is InChI=1S/C19H18N2O2S/c1-13-17(24-19(21-13)15-8-4-3-5-9-15)18(22)20-12-14-7-6-10-16(11-14)23-2/h3-11H,12H2,1-2H3,(H,20,22). The summed E-state index contributed by atoms with van der Waals surface area (Å²) < 4.78 is 5.20. The van der Waals surface area contributed by atoms with Crippen LogP contribution in [0.1, 0.15) is 20.9 Å². The first-order valence-corrected chi connectivity index (χ1v) is 8.43. The van der Waals surface area contributed by atoms with Crippen LogP contribution in [0.5, 0.6) is 5.75 Å². The number of rotatable bonds is 5. The number of carbonyl (C=O) groups excluding carboxylic acids is 1. The molecule has 0 atom stereocenters. The molecule has 0 bridgehead atoms. The Morgan fingerprint density at radius 2 is 1.96 bits per heavy atom. The smallest absolute Gasteiger partial charge is 0.263 e. The van der Waals surface area contributed by atoms with Gasteiger partial charge in [-0.3, -0.25) is 4.79 Å². The summed E-state index contributed by atoms with van der Waals surface area (Å²) >= 11 is 1.42. The molecule has 122 valence electrons. The van der Waals surface area contributed by atoms with E-state index in [0.29, 0.717) is 11.4 Å². The molecule has 1 N–H and O–H groups in total. The minimum atomic E-state index is -0.102. The molecule has 1 heterocycles. The van der Waals surface area contributed by atoms with Crippen LogP contribution in [-0.2, 0) is 6.54 Å². The maximum absolute atomic E-state index is 12.5. The minimum Gasteiger partial charge on any atom is -0.497 e. The Morgan fingerprint density at radius 1 is 1.17 bits per heavy atom. The molecule has 0 spiro atoms. The zero-order chi connectivity index (χ0) is 16.9. The van der Waals surface area contributed by atoms with Gasteiger partial charge in [-0.2, -0.15) is 0 Å². The van der Waals surface area contributed by atoms with E-state index in [9.17, 15) is 4.79 Å². The normalized spacial score (nSPS) is 10.4. The molecule has 3 aromatic rings. The molecule has 3 rings (SSSR count). The third kappa shape index (κ3) is 3.63. The van der Waals surface area contributed by atoms with E-state index in [1.165, 1.54) is 11.3 Å². The minimum absolute atomic E-state index is 0.102. The Hall–Kier alpha value is -2.66.